The lowest BCUT2D eigenvalue weighted by Crippen LogP contribution is -2.08. The van der Waals surface area contributed by atoms with Crippen molar-refractivity contribution in [3.8, 4) is 0 Å². The van der Waals surface area contributed by atoms with E-state index in [-0.39, 0.29) is 0 Å². The minimum Gasteiger partial charge on any atom is -0.373 e. The molecule has 1 aromatic heterocycles. The molecule has 1 heterocycles. The van der Waals surface area contributed by atoms with E-state index >= 15 is 0 Å². The summed E-state index contributed by atoms with van der Waals surface area (Å²) in [5.74, 6) is 0.737. The number of benzene rings is 1. The van der Waals surface area contributed by atoms with Crippen molar-refractivity contribution in [2.75, 3.05) is 12.4 Å². The Labute approximate surface area is 101 Å². The SMILES string of the molecule is CNc1ncccc1C(=N)c1ccccc1C. The molecule has 2 N–H and O–H groups in total. The van der Waals surface area contributed by atoms with Crippen LogP contribution < -0.4 is 5.32 Å². The number of anilines is 1. The third kappa shape index (κ3) is 2.18. The Morgan fingerprint density at radius 2 is 1.82 bits per heavy atom. The molecule has 86 valence electrons. The zero-order chi connectivity index (χ0) is 12.3. The van der Waals surface area contributed by atoms with Crippen molar-refractivity contribution >= 4 is 11.5 Å². The van der Waals surface area contributed by atoms with Crippen molar-refractivity contribution in [3.05, 3.63) is 59.3 Å². The predicted molar refractivity (Wildman–Crippen MR) is 70.9 cm³/mol. The fourth-order valence-corrected chi connectivity index (χ4v) is 1.80. The molecule has 2 aromatic rings. The number of aromatic nitrogens is 1. The van der Waals surface area contributed by atoms with Gasteiger partial charge in [0.1, 0.15) is 5.82 Å². The Bertz CT molecular complexity index is 547. The summed E-state index contributed by atoms with van der Waals surface area (Å²) in [5, 5.41) is 11.3. The lowest BCUT2D eigenvalue weighted by atomic mass is 9.99. The molecule has 3 nitrogen and oxygen atoms in total. The molecule has 0 bridgehead atoms. The molecular formula is C14H15N3. The zero-order valence-corrected chi connectivity index (χ0v) is 9.99. The van der Waals surface area contributed by atoms with E-state index in [0.717, 1.165) is 22.5 Å². The molecule has 0 radical (unpaired) electrons. The lowest BCUT2D eigenvalue weighted by molar-refractivity contribution is 1.26. The van der Waals surface area contributed by atoms with Crippen LogP contribution in [0.3, 0.4) is 0 Å². The van der Waals surface area contributed by atoms with Gasteiger partial charge in [-0.3, -0.25) is 5.41 Å². The van der Waals surface area contributed by atoms with Crippen molar-refractivity contribution in [2.45, 2.75) is 6.92 Å². The van der Waals surface area contributed by atoms with Crippen LogP contribution >= 0.6 is 0 Å². The molecule has 0 aliphatic heterocycles. The minimum absolute atomic E-state index is 0.501. The first kappa shape index (κ1) is 11.3. The van der Waals surface area contributed by atoms with E-state index in [4.69, 9.17) is 5.41 Å². The van der Waals surface area contributed by atoms with Gasteiger partial charge in [-0.2, -0.15) is 0 Å². The highest BCUT2D eigenvalue weighted by Gasteiger charge is 2.11. The smallest absolute Gasteiger partial charge is 0.135 e. The molecule has 0 saturated carbocycles. The summed E-state index contributed by atoms with van der Waals surface area (Å²) in [5.41, 5.74) is 3.37. The van der Waals surface area contributed by atoms with Crippen LogP contribution in [0.25, 0.3) is 0 Å². The van der Waals surface area contributed by atoms with E-state index in [2.05, 4.69) is 10.3 Å². The van der Waals surface area contributed by atoms with Crippen LogP contribution in [0.5, 0.6) is 0 Å². The first-order valence-corrected chi connectivity index (χ1v) is 5.51. The number of aryl methyl sites for hydroxylation is 1. The number of nitrogens with zero attached hydrogens (tertiary/aromatic N) is 1. The molecule has 2 rings (SSSR count). The number of pyridine rings is 1. The fourth-order valence-electron chi connectivity index (χ4n) is 1.80. The molecule has 17 heavy (non-hydrogen) atoms. The fraction of sp³-hybridized carbons (Fsp3) is 0.143. The van der Waals surface area contributed by atoms with Crippen LogP contribution in [-0.4, -0.2) is 17.7 Å². The van der Waals surface area contributed by atoms with Crippen LogP contribution in [0, 0.1) is 12.3 Å². The standard InChI is InChI=1S/C14H15N3/c1-10-6-3-4-7-11(10)13(15)12-8-5-9-17-14(12)16-2/h3-9,15H,1-2H3,(H,16,17). The number of hydrogen-bond donors (Lipinski definition) is 2. The molecule has 1 aromatic carbocycles. The molecule has 3 heteroatoms. The number of hydrogen-bond acceptors (Lipinski definition) is 3. The summed E-state index contributed by atoms with van der Waals surface area (Å²) in [7, 11) is 1.82. The Morgan fingerprint density at radius 1 is 1.12 bits per heavy atom. The highest BCUT2D eigenvalue weighted by atomic mass is 15.0. The summed E-state index contributed by atoms with van der Waals surface area (Å²) < 4.78 is 0. The molecule has 0 aliphatic carbocycles. The van der Waals surface area contributed by atoms with Gasteiger partial charge in [0.2, 0.25) is 0 Å². The lowest BCUT2D eigenvalue weighted by Gasteiger charge is -2.11. The van der Waals surface area contributed by atoms with Gasteiger partial charge in [-0.1, -0.05) is 24.3 Å². The summed E-state index contributed by atoms with van der Waals surface area (Å²) >= 11 is 0. The largest absolute Gasteiger partial charge is 0.373 e. The molecule has 0 fully saturated rings. The van der Waals surface area contributed by atoms with Crippen LogP contribution in [-0.2, 0) is 0 Å². The molecule has 0 unspecified atom stereocenters. The van der Waals surface area contributed by atoms with E-state index in [1.807, 2.05) is 50.4 Å². The average Bonchev–Trinajstić information content (AvgIpc) is 2.38. The Balaban J connectivity index is 2.48. The molecular weight excluding hydrogens is 210 g/mol. The zero-order valence-electron chi connectivity index (χ0n) is 9.99. The van der Waals surface area contributed by atoms with Gasteiger partial charge in [-0.15, -0.1) is 0 Å². The maximum atomic E-state index is 8.28. The van der Waals surface area contributed by atoms with Crippen LogP contribution in [0.15, 0.2) is 42.6 Å². The summed E-state index contributed by atoms with van der Waals surface area (Å²) in [6.45, 7) is 2.01. The van der Waals surface area contributed by atoms with Crippen LogP contribution in [0.1, 0.15) is 16.7 Å². The Hall–Kier alpha value is -2.16. The number of nitrogens with one attached hydrogen (secondary N) is 2. The van der Waals surface area contributed by atoms with E-state index in [1.54, 1.807) is 6.20 Å². The van der Waals surface area contributed by atoms with Gasteiger partial charge in [-0.05, 0) is 24.6 Å². The van der Waals surface area contributed by atoms with E-state index < -0.39 is 0 Å². The number of rotatable bonds is 3. The van der Waals surface area contributed by atoms with Gasteiger partial charge in [0.15, 0.2) is 0 Å². The Kier molecular flexibility index (Phi) is 3.19. The van der Waals surface area contributed by atoms with Crippen LogP contribution in [0.4, 0.5) is 5.82 Å². The molecule has 0 saturated heterocycles. The molecule has 0 spiro atoms. The van der Waals surface area contributed by atoms with E-state index in [1.165, 1.54) is 0 Å². The minimum atomic E-state index is 0.501. The van der Waals surface area contributed by atoms with Gasteiger partial charge in [0.05, 0.1) is 5.71 Å². The topological polar surface area (TPSA) is 48.8 Å². The summed E-state index contributed by atoms with van der Waals surface area (Å²) in [6.07, 6.45) is 1.72. The normalized spacial score (nSPS) is 10.0. The first-order chi connectivity index (χ1) is 8.24. The Morgan fingerprint density at radius 3 is 2.53 bits per heavy atom. The van der Waals surface area contributed by atoms with Crippen molar-refractivity contribution in [3.63, 3.8) is 0 Å². The van der Waals surface area contributed by atoms with Gasteiger partial charge >= 0.3 is 0 Å². The van der Waals surface area contributed by atoms with Gasteiger partial charge in [-0.25, -0.2) is 4.98 Å². The van der Waals surface area contributed by atoms with Gasteiger partial charge in [0.25, 0.3) is 0 Å². The van der Waals surface area contributed by atoms with Crippen molar-refractivity contribution in [1.29, 1.82) is 5.41 Å². The van der Waals surface area contributed by atoms with E-state index in [0.29, 0.717) is 5.71 Å². The first-order valence-electron chi connectivity index (χ1n) is 5.51. The maximum absolute atomic E-state index is 8.28. The van der Waals surface area contributed by atoms with Gasteiger partial charge < -0.3 is 5.32 Å². The summed E-state index contributed by atoms with van der Waals surface area (Å²) in [6, 6.07) is 11.7. The molecule has 0 atom stereocenters. The highest BCUT2D eigenvalue weighted by Crippen LogP contribution is 2.18. The average molecular weight is 225 g/mol. The second-order valence-electron chi connectivity index (χ2n) is 3.84. The summed E-state index contributed by atoms with van der Waals surface area (Å²) in [4.78, 5) is 4.22. The van der Waals surface area contributed by atoms with Crippen molar-refractivity contribution in [2.24, 2.45) is 0 Å². The van der Waals surface area contributed by atoms with Crippen molar-refractivity contribution < 1.29 is 0 Å². The third-order valence-corrected chi connectivity index (χ3v) is 2.73. The van der Waals surface area contributed by atoms with Crippen molar-refractivity contribution in [1.82, 2.24) is 4.98 Å². The quantitative estimate of drug-likeness (QED) is 0.789. The monoisotopic (exact) mass is 225 g/mol. The molecule has 0 amide bonds. The van der Waals surface area contributed by atoms with Crippen LogP contribution in [0.2, 0.25) is 0 Å². The van der Waals surface area contributed by atoms with Gasteiger partial charge in [0, 0.05) is 24.4 Å². The second-order valence-corrected chi connectivity index (χ2v) is 3.84. The van der Waals surface area contributed by atoms with E-state index in [9.17, 15) is 0 Å². The highest BCUT2D eigenvalue weighted by molar-refractivity contribution is 6.14. The third-order valence-electron chi connectivity index (χ3n) is 2.73. The predicted octanol–water partition coefficient (Wildman–Crippen LogP) is 2.85. The maximum Gasteiger partial charge on any atom is 0.135 e. The second kappa shape index (κ2) is 4.78. The molecule has 0 aliphatic rings.